The fourth-order valence-corrected chi connectivity index (χ4v) is 2.24. The number of benzene rings is 1. The highest BCUT2D eigenvalue weighted by Gasteiger charge is 2.33. The smallest absolute Gasteiger partial charge is 0.255 e. The molecule has 1 aromatic rings. The minimum Gasteiger partial charge on any atom is -0.335 e. The molecule has 0 N–H and O–H groups in total. The molecule has 1 aliphatic carbocycles. The quantitative estimate of drug-likeness (QED) is 0.815. The lowest BCUT2D eigenvalue weighted by molar-refractivity contribution is 0.0722. The SMILES string of the molecule is CC(C)CN(C(=O)c1ccc(F)cc1Cl)C1CC1. The Morgan fingerprint density at radius 1 is 1.50 bits per heavy atom. The summed E-state index contributed by atoms with van der Waals surface area (Å²) in [7, 11) is 0. The van der Waals surface area contributed by atoms with Crippen molar-refractivity contribution in [3.8, 4) is 0 Å². The summed E-state index contributed by atoms with van der Waals surface area (Å²) in [5.74, 6) is -0.0941. The van der Waals surface area contributed by atoms with E-state index in [1.807, 2.05) is 4.90 Å². The highest BCUT2D eigenvalue weighted by atomic mass is 35.5. The second-order valence-corrected chi connectivity index (χ2v) is 5.61. The fraction of sp³-hybridized carbons (Fsp3) is 0.500. The van der Waals surface area contributed by atoms with Crippen molar-refractivity contribution in [3.05, 3.63) is 34.6 Å². The van der Waals surface area contributed by atoms with Crippen molar-refractivity contribution in [1.29, 1.82) is 0 Å². The lowest BCUT2D eigenvalue weighted by Gasteiger charge is -2.25. The van der Waals surface area contributed by atoms with Crippen LogP contribution >= 0.6 is 11.6 Å². The highest BCUT2D eigenvalue weighted by Crippen LogP contribution is 2.30. The first-order chi connectivity index (χ1) is 8.49. The van der Waals surface area contributed by atoms with E-state index in [1.54, 1.807) is 0 Å². The van der Waals surface area contributed by atoms with Gasteiger partial charge in [0.25, 0.3) is 5.91 Å². The molecule has 1 saturated carbocycles. The van der Waals surface area contributed by atoms with Crippen LogP contribution in [0.4, 0.5) is 4.39 Å². The van der Waals surface area contributed by atoms with Gasteiger partial charge in [-0.25, -0.2) is 4.39 Å². The van der Waals surface area contributed by atoms with Crippen molar-refractivity contribution in [1.82, 2.24) is 4.90 Å². The molecule has 0 aromatic heterocycles. The van der Waals surface area contributed by atoms with Crippen LogP contribution in [0.15, 0.2) is 18.2 Å². The molecule has 0 atom stereocenters. The number of carbonyl (C=O) groups excluding carboxylic acids is 1. The summed E-state index contributed by atoms with van der Waals surface area (Å²) in [6.45, 7) is 4.88. The van der Waals surface area contributed by atoms with E-state index in [1.165, 1.54) is 18.2 Å². The molecular weight excluding hydrogens is 253 g/mol. The van der Waals surface area contributed by atoms with Crippen molar-refractivity contribution < 1.29 is 9.18 Å². The Labute approximate surface area is 112 Å². The van der Waals surface area contributed by atoms with E-state index >= 15 is 0 Å². The molecule has 1 aromatic carbocycles. The average molecular weight is 270 g/mol. The van der Waals surface area contributed by atoms with Gasteiger partial charge in [0.1, 0.15) is 5.82 Å². The number of amides is 1. The zero-order valence-corrected chi connectivity index (χ0v) is 11.4. The van der Waals surface area contributed by atoms with Gasteiger partial charge in [-0.15, -0.1) is 0 Å². The van der Waals surface area contributed by atoms with Crippen molar-refractivity contribution in [2.75, 3.05) is 6.54 Å². The standard InChI is InChI=1S/C14H17ClFNO/c1-9(2)8-17(11-4-5-11)14(18)12-6-3-10(16)7-13(12)15/h3,6-7,9,11H,4-5,8H2,1-2H3. The number of rotatable bonds is 4. The van der Waals surface area contributed by atoms with E-state index in [4.69, 9.17) is 11.6 Å². The van der Waals surface area contributed by atoms with Gasteiger partial charge >= 0.3 is 0 Å². The number of nitrogens with zero attached hydrogens (tertiary/aromatic N) is 1. The van der Waals surface area contributed by atoms with Crippen LogP contribution in [0.5, 0.6) is 0 Å². The van der Waals surface area contributed by atoms with Crippen LogP contribution in [-0.2, 0) is 0 Å². The Morgan fingerprint density at radius 2 is 2.17 bits per heavy atom. The van der Waals surface area contributed by atoms with Crippen LogP contribution in [-0.4, -0.2) is 23.4 Å². The van der Waals surface area contributed by atoms with Gasteiger partial charge < -0.3 is 4.90 Å². The first kappa shape index (κ1) is 13.3. The molecule has 2 nitrogen and oxygen atoms in total. The van der Waals surface area contributed by atoms with Crippen molar-refractivity contribution >= 4 is 17.5 Å². The molecule has 0 heterocycles. The van der Waals surface area contributed by atoms with Crippen LogP contribution < -0.4 is 0 Å². The Morgan fingerprint density at radius 3 is 2.67 bits per heavy atom. The molecule has 98 valence electrons. The Hall–Kier alpha value is -1.09. The third-order valence-electron chi connectivity index (χ3n) is 2.97. The topological polar surface area (TPSA) is 20.3 Å². The van der Waals surface area contributed by atoms with Crippen molar-refractivity contribution in [2.45, 2.75) is 32.7 Å². The highest BCUT2D eigenvalue weighted by molar-refractivity contribution is 6.33. The Kier molecular flexibility index (Phi) is 3.91. The number of halogens is 2. The second-order valence-electron chi connectivity index (χ2n) is 5.21. The maximum Gasteiger partial charge on any atom is 0.255 e. The predicted octanol–water partition coefficient (Wildman–Crippen LogP) is 3.74. The Bertz CT molecular complexity index is 457. The molecule has 0 spiro atoms. The summed E-state index contributed by atoms with van der Waals surface area (Å²) in [6, 6.07) is 4.27. The zero-order valence-electron chi connectivity index (χ0n) is 10.6. The lowest BCUT2D eigenvalue weighted by Crippen LogP contribution is -2.36. The molecule has 1 fully saturated rings. The third kappa shape index (κ3) is 3.02. The van der Waals surface area contributed by atoms with E-state index in [9.17, 15) is 9.18 Å². The molecular formula is C14H17ClFNO. The number of hydrogen-bond acceptors (Lipinski definition) is 1. The van der Waals surface area contributed by atoms with E-state index in [2.05, 4.69) is 13.8 Å². The minimum absolute atomic E-state index is 0.0869. The van der Waals surface area contributed by atoms with Gasteiger partial charge in [0.15, 0.2) is 0 Å². The average Bonchev–Trinajstić information content (AvgIpc) is 3.08. The van der Waals surface area contributed by atoms with Crippen LogP contribution in [0.3, 0.4) is 0 Å². The minimum atomic E-state index is -0.418. The van der Waals surface area contributed by atoms with Crippen LogP contribution in [0, 0.1) is 11.7 Å². The van der Waals surface area contributed by atoms with Gasteiger partial charge in [-0.2, -0.15) is 0 Å². The summed E-state index contributed by atoms with van der Waals surface area (Å²) in [5.41, 5.74) is 0.394. The van der Waals surface area contributed by atoms with Gasteiger partial charge in [0.05, 0.1) is 10.6 Å². The van der Waals surface area contributed by atoms with Crippen molar-refractivity contribution in [3.63, 3.8) is 0 Å². The molecule has 1 amide bonds. The normalized spacial score (nSPS) is 14.9. The number of carbonyl (C=O) groups is 1. The monoisotopic (exact) mass is 269 g/mol. The van der Waals surface area contributed by atoms with E-state index in [-0.39, 0.29) is 10.9 Å². The van der Waals surface area contributed by atoms with Crippen molar-refractivity contribution in [2.24, 2.45) is 5.92 Å². The third-order valence-corrected chi connectivity index (χ3v) is 3.28. The Balaban J connectivity index is 2.22. The van der Waals surface area contributed by atoms with E-state index in [0.717, 1.165) is 19.4 Å². The molecule has 0 radical (unpaired) electrons. The van der Waals surface area contributed by atoms with Crippen LogP contribution in [0.2, 0.25) is 5.02 Å². The number of hydrogen-bond donors (Lipinski definition) is 0. The van der Waals surface area contributed by atoms with Crippen LogP contribution in [0.25, 0.3) is 0 Å². The van der Waals surface area contributed by atoms with Gasteiger partial charge in [-0.05, 0) is 37.0 Å². The van der Waals surface area contributed by atoms with E-state index in [0.29, 0.717) is 17.5 Å². The van der Waals surface area contributed by atoms with Gasteiger partial charge in [0, 0.05) is 12.6 Å². The summed E-state index contributed by atoms with van der Waals surface area (Å²) in [6.07, 6.45) is 2.11. The van der Waals surface area contributed by atoms with E-state index < -0.39 is 5.82 Å². The van der Waals surface area contributed by atoms with Gasteiger partial charge in [-0.1, -0.05) is 25.4 Å². The maximum atomic E-state index is 13.0. The maximum absolute atomic E-state index is 13.0. The second kappa shape index (κ2) is 5.27. The molecule has 0 saturated heterocycles. The lowest BCUT2D eigenvalue weighted by atomic mass is 10.1. The summed E-state index contributed by atoms with van der Waals surface area (Å²) < 4.78 is 13.0. The predicted molar refractivity (Wildman–Crippen MR) is 70.3 cm³/mol. The molecule has 0 unspecified atom stereocenters. The first-order valence-corrected chi connectivity index (χ1v) is 6.63. The first-order valence-electron chi connectivity index (χ1n) is 6.25. The molecule has 0 aliphatic heterocycles. The summed E-state index contributed by atoms with van der Waals surface area (Å²) in [5, 5.41) is 0.189. The van der Waals surface area contributed by atoms with Gasteiger partial charge in [0.2, 0.25) is 0 Å². The molecule has 2 rings (SSSR count). The molecule has 4 heteroatoms. The molecule has 0 bridgehead atoms. The largest absolute Gasteiger partial charge is 0.335 e. The molecule has 18 heavy (non-hydrogen) atoms. The summed E-state index contributed by atoms with van der Waals surface area (Å²) in [4.78, 5) is 14.3. The summed E-state index contributed by atoms with van der Waals surface area (Å²) >= 11 is 5.94. The zero-order chi connectivity index (χ0) is 13.3. The fourth-order valence-electron chi connectivity index (χ4n) is 2.00. The molecule has 1 aliphatic rings. The van der Waals surface area contributed by atoms with Gasteiger partial charge in [-0.3, -0.25) is 4.79 Å². The van der Waals surface area contributed by atoms with Crippen LogP contribution in [0.1, 0.15) is 37.0 Å².